The SMILES string of the molecule is Nc1ccn(Cc2cccc(F)c2Br)n1. The first-order valence-electron chi connectivity index (χ1n) is 4.38. The van der Waals surface area contributed by atoms with Gasteiger partial charge in [0.1, 0.15) is 11.6 Å². The van der Waals surface area contributed by atoms with E-state index in [1.807, 2.05) is 6.07 Å². The van der Waals surface area contributed by atoms with Crippen molar-refractivity contribution in [3.63, 3.8) is 0 Å². The van der Waals surface area contributed by atoms with Crippen LogP contribution < -0.4 is 5.73 Å². The molecule has 0 unspecified atom stereocenters. The van der Waals surface area contributed by atoms with E-state index in [2.05, 4.69) is 21.0 Å². The third-order valence-electron chi connectivity index (χ3n) is 2.03. The predicted molar refractivity (Wildman–Crippen MR) is 59.8 cm³/mol. The largest absolute Gasteiger partial charge is 0.382 e. The average Bonchev–Trinajstić information content (AvgIpc) is 2.59. The number of nitrogen functional groups attached to an aromatic ring is 1. The first kappa shape index (κ1) is 10.2. The molecule has 0 fully saturated rings. The van der Waals surface area contributed by atoms with Crippen LogP contribution in [-0.2, 0) is 6.54 Å². The molecule has 0 amide bonds. The fourth-order valence-electron chi connectivity index (χ4n) is 1.31. The predicted octanol–water partition coefficient (Wildman–Crippen LogP) is 2.42. The Morgan fingerprint density at radius 1 is 1.40 bits per heavy atom. The van der Waals surface area contributed by atoms with E-state index in [-0.39, 0.29) is 5.82 Å². The molecule has 0 bridgehead atoms. The highest BCUT2D eigenvalue weighted by molar-refractivity contribution is 9.10. The van der Waals surface area contributed by atoms with Gasteiger partial charge in [-0.1, -0.05) is 12.1 Å². The van der Waals surface area contributed by atoms with Crippen LogP contribution in [0.2, 0.25) is 0 Å². The second-order valence-corrected chi connectivity index (χ2v) is 3.94. The first-order chi connectivity index (χ1) is 7.16. The van der Waals surface area contributed by atoms with Crippen LogP contribution in [0.3, 0.4) is 0 Å². The van der Waals surface area contributed by atoms with E-state index in [1.165, 1.54) is 6.07 Å². The van der Waals surface area contributed by atoms with E-state index in [0.29, 0.717) is 16.8 Å². The number of benzene rings is 1. The fraction of sp³-hybridized carbons (Fsp3) is 0.100. The molecule has 0 aliphatic heterocycles. The number of anilines is 1. The topological polar surface area (TPSA) is 43.8 Å². The number of hydrogen-bond acceptors (Lipinski definition) is 2. The van der Waals surface area contributed by atoms with Crippen LogP contribution in [0.25, 0.3) is 0 Å². The van der Waals surface area contributed by atoms with E-state index in [0.717, 1.165) is 5.56 Å². The Labute approximate surface area is 94.8 Å². The molecule has 1 aromatic heterocycles. The summed E-state index contributed by atoms with van der Waals surface area (Å²) in [6, 6.07) is 6.62. The van der Waals surface area contributed by atoms with Gasteiger partial charge in [-0.15, -0.1) is 0 Å². The van der Waals surface area contributed by atoms with Gasteiger partial charge < -0.3 is 5.73 Å². The maximum atomic E-state index is 13.2. The Morgan fingerprint density at radius 2 is 2.20 bits per heavy atom. The molecule has 0 radical (unpaired) electrons. The van der Waals surface area contributed by atoms with Crippen molar-refractivity contribution in [3.05, 3.63) is 46.3 Å². The third-order valence-corrected chi connectivity index (χ3v) is 2.91. The smallest absolute Gasteiger partial charge is 0.145 e. The van der Waals surface area contributed by atoms with Gasteiger partial charge in [0.15, 0.2) is 0 Å². The van der Waals surface area contributed by atoms with Gasteiger partial charge in [-0.2, -0.15) is 5.10 Å². The van der Waals surface area contributed by atoms with Gasteiger partial charge in [0.2, 0.25) is 0 Å². The summed E-state index contributed by atoms with van der Waals surface area (Å²) >= 11 is 3.20. The fourth-order valence-corrected chi connectivity index (χ4v) is 1.70. The molecule has 0 saturated carbocycles. The van der Waals surface area contributed by atoms with Crippen molar-refractivity contribution >= 4 is 21.7 Å². The molecule has 2 rings (SSSR count). The standard InChI is InChI=1S/C10H9BrFN3/c11-10-7(2-1-3-8(10)12)6-15-5-4-9(13)14-15/h1-5H,6H2,(H2,13,14). The average molecular weight is 270 g/mol. The van der Waals surface area contributed by atoms with Crippen LogP contribution in [0.4, 0.5) is 10.2 Å². The molecule has 2 aromatic rings. The molecule has 1 heterocycles. The lowest BCUT2D eigenvalue weighted by Crippen LogP contribution is -2.02. The molecular weight excluding hydrogens is 261 g/mol. The second-order valence-electron chi connectivity index (χ2n) is 3.15. The van der Waals surface area contributed by atoms with Crippen LogP contribution >= 0.6 is 15.9 Å². The molecule has 15 heavy (non-hydrogen) atoms. The number of aromatic nitrogens is 2. The lowest BCUT2D eigenvalue weighted by atomic mass is 10.2. The summed E-state index contributed by atoms with van der Waals surface area (Å²) in [5.74, 6) is 0.190. The lowest BCUT2D eigenvalue weighted by molar-refractivity contribution is 0.611. The minimum absolute atomic E-state index is 0.271. The minimum atomic E-state index is -0.271. The van der Waals surface area contributed by atoms with E-state index in [9.17, 15) is 4.39 Å². The van der Waals surface area contributed by atoms with E-state index in [1.54, 1.807) is 23.0 Å². The highest BCUT2D eigenvalue weighted by atomic mass is 79.9. The minimum Gasteiger partial charge on any atom is -0.382 e. The van der Waals surface area contributed by atoms with Crippen LogP contribution in [0, 0.1) is 5.82 Å². The van der Waals surface area contributed by atoms with Crippen LogP contribution in [-0.4, -0.2) is 9.78 Å². The molecule has 0 atom stereocenters. The van der Waals surface area contributed by atoms with Crippen molar-refractivity contribution in [2.24, 2.45) is 0 Å². The number of hydrogen-bond donors (Lipinski definition) is 1. The number of halogens is 2. The molecule has 1 aromatic carbocycles. The van der Waals surface area contributed by atoms with Gasteiger partial charge in [0, 0.05) is 6.20 Å². The summed E-state index contributed by atoms with van der Waals surface area (Å²) in [7, 11) is 0. The van der Waals surface area contributed by atoms with Gasteiger partial charge in [-0.05, 0) is 33.6 Å². The quantitative estimate of drug-likeness (QED) is 0.910. The van der Waals surface area contributed by atoms with Crippen molar-refractivity contribution in [1.29, 1.82) is 0 Å². The van der Waals surface area contributed by atoms with Crippen molar-refractivity contribution in [2.75, 3.05) is 5.73 Å². The van der Waals surface area contributed by atoms with E-state index < -0.39 is 0 Å². The summed E-state index contributed by atoms with van der Waals surface area (Å²) < 4.78 is 15.3. The number of rotatable bonds is 2. The molecule has 0 saturated heterocycles. The molecular formula is C10H9BrFN3. The summed E-state index contributed by atoms with van der Waals surface area (Å²) in [5.41, 5.74) is 6.31. The molecule has 2 N–H and O–H groups in total. The zero-order chi connectivity index (χ0) is 10.8. The monoisotopic (exact) mass is 269 g/mol. The maximum absolute atomic E-state index is 13.2. The summed E-state index contributed by atoms with van der Waals surface area (Å²) in [5, 5.41) is 4.03. The highest BCUT2D eigenvalue weighted by Crippen LogP contribution is 2.21. The van der Waals surface area contributed by atoms with Crippen molar-refractivity contribution in [1.82, 2.24) is 9.78 Å². The summed E-state index contributed by atoms with van der Waals surface area (Å²) in [6.45, 7) is 0.496. The van der Waals surface area contributed by atoms with Crippen molar-refractivity contribution in [2.45, 2.75) is 6.54 Å². The zero-order valence-corrected chi connectivity index (χ0v) is 9.41. The Bertz CT molecular complexity index is 481. The van der Waals surface area contributed by atoms with E-state index >= 15 is 0 Å². The lowest BCUT2D eigenvalue weighted by Gasteiger charge is -2.05. The second kappa shape index (κ2) is 4.02. The van der Waals surface area contributed by atoms with Crippen LogP contribution in [0.15, 0.2) is 34.9 Å². The highest BCUT2D eigenvalue weighted by Gasteiger charge is 2.05. The molecule has 5 heteroatoms. The maximum Gasteiger partial charge on any atom is 0.145 e. The zero-order valence-electron chi connectivity index (χ0n) is 7.82. The van der Waals surface area contributed by atoms with Gasteiger partial charge >= 0.3 is 0 Å². The first-order valence-corrected chi connectivity index (χ1v) is 5.18. The van der Waals surface area contributed by atoms with Crippen molar-refractivity contribution in [3.8, 4) is 0 Å². The molecule has 0 aliphatic carbocycles. The van der Waals surface area contributed by atoms with Gasteiger partial charge in [-0.3, -0.25) is 4.68 Å². The Kier molecular flexibility index (Phi) is 2.73. The van der Waals surface area contributed by atoms with Gasteiger partial charge in [0.05, 0.1) is 11.0 Å². The third kappa shape index (κ3) is 2.18. The Hall–Kier alpha value is -1.36. The summed E-state index contributed by atoms with van der Waals surface area (Å²) in [4.78, 5) is 0. The van der Waals surface area contributed by atoms with Crippen molar-refractivity contribution < 1.29 is 4.39 Å². The Morgan fingerprint density at radius 3 is 2.87 bits per heavy atom. The van der Waals surface area contributed by atoms with Crippen LogP contribution in [0.1, 0.15) is 5.56 Å². The Balaban J connectivity index is 2.28. The summed E-state index contributed by atoms with van der Waals surface area (Å²) in [6.07, 6.45) is 1.76. The molecule has 3 nitrogen and oxygen atoms in total. The molecule has 0 aliphatic rings. The van der Waals surface area contributed by atoms with Gasteiger partial charge in [-0.25, -0.2) is 4.39 Å². The number of nitrogens with zero attached hydrogens (tertiary/aromatic N) is 2. The number of nitrogens with two attached hydrogens (primary N) is 1. The van der Waals surface area contributed by atoms with Gasteiger partial charge in [0.25, 0.3) is 0 Å². The normalized spacial score (nSPS) is 10.5. The molecule has 78 valence electrons. The van der Waals surface area contributed by atoms with E-state index in [4.69, 9.17) is 5.73 Å². The van der Waals surface area contributed by atoms with Crippen LogP contribution in [0.5, 0.6) is 0 Å². The molecule has 0 spiro atoms.